The van der Waals surface area contributed by atoms with E-state index < -0.39 is 35.4 Å². The zero-order valence-corrected chi connectivity index (χ0v) is 11.9. The number of aliphatic hydroxyl groups excluding tert-OH is 1. The molecule has 2 bridgehead atoms. The first-order valence-electron chi connectivity index (χ1n) is 7.18. The SMILES string of the molecule is O=C(O)c1ccc(N2C(=O)[C@@H]3[C@@H]4C=C[C@](CO)(O4)[C@@H]3C2=O)cc1. The first-order chi connectivity index (χ1) is 11.0. The van der Waals surface area contributed by atoms with Gasteiger partial charge in [-0.05, 0) is 24.3 Å². The maximum absolute atomic E-state index is 12.7. The number of carboxylic acids is 1. The van der Waals surface area contributed by atoms with Gasteiger partial charge in [0.2, 0.25) is 11.8 Å². The lowest BCUT2D eigenvalue weighted by molar-refractivity contribution is -0.128. The molecular weight excluding hydrogens is 302 g/mol. The Kier molecular flexibility index (Phi) is 2.76. The van der Waals surface area contributed by atoms with E-state index in [0.717, 1.165) is 4.90 Å². The van der Waals surface area contributed by atoms with E-state index in [1.807, 2.05) is 0 Å². The summed E-state index contributed by atoms with van der Waals surface area (Å²) in [5.41, 5.74) is -0.727. The molecule has 0 radical (unpaired) electrons. The minimum atomic E-state index is -1.13. The molecule has 118 valence electrons. The third-order valence-electron chi connectivity index (χ3n) is 4.77. The molecule has 2 N–H and O–H groups in total. The highest BCUT2D eigenvalue weighted by Gasteiger charge is 2.67. The molecule has 3 heterocycles. The molecule has 3 aliphatic rings. The molecule has 0 spiro atoms. The number of anilines is 1. The van der Waals surface area contributed by atoms with Crippen LogP contribution in [0, 0.1) is 11.8 Å². The molecule has 3 aliphatic heterocycles. The number of hydrogen-bond acceptors (Lipinski definition) is 5. The summed E-state index contributed by atoms with van der Waals surface area (Å²) in [6.07, 6.45) is 2.85. The molecule has 0 aliphatic carbocycles. The third kappa shape index (κ3) is 1.68. The van der Waals surface area contributed by atoms with Gasteiger partial charge in [0.15, 0.2) is 0 Å². The third-order valence-corrected chi connectivity index (χ3v) is 4.77. The number of carboxylic acid groups (broad SMARTS) is 1. The monoisotopic (exact) mass is 315 g/mol. The van der Waals surface area contributed by atoms with E-state index in [-0.39, 0.29) is 18.1 Å². The highest BCUT2D eigenvalue weighted by Crippen LogP contribution is 2.52. The molecule has 7 heteroatoms. The lowest BCUT2D eigenvalue weighted by atomic mass is 9.77. The minimum Gasteiger partial charge on any atom is -0.478 e. The second-order valence-corrected chi connectivity index (χ2v) is 5.92. The van der Waals surface area contributed by atoms with Crippen molar-refractivity contribution in [2.75, 3.05) is 11.5 Å². The van der Waals surface area contributed by atoms with Crippen molar-refractivity contribution < 1.29 is 29.3 Å². The number of fused-ring (bicyclic) bond motifs is 5. The van der Waals surface area contributed by atoms with Gasteiger partial charge in [-0.3, -0.25) is 9.59 Å². The van der Waals surface area contributed by atoms with Gasteiger partial charge in [-0.1, -0.05) is 12.2 Å². The lowest BCUT2D eigenvalue weighted by Crippen LogP contribution is -2.43. The van der Waals surface area contributed by atoms with Crippen molar-refractivity contribution in [2.24, 2.45) is 11.8 Å². The van der Waals surface area contributed by atoms with Crippen molar-refractivity contribution >= 4 is 23.5 Å². The quantitative estimate of drug-likeness (QED) is 0.609. The number of carbonyl (C=O) groups excluding carboxylic acids is 2. The van der Waals surface area contributed by atoms with Crippen LogP contribution < -0.4 is 4.90 Å². The van der Waals surface area contributed by atoms with Gasteiger partial charge in [-0.25, -0.2) is 9.69 Å². The molecule has 2 amide bonds. The van der Waals surface area contributed by atoms with Gasteiger partial charge in [0.05, 0.1) is 35.8 Å². The fourth-order valence-corrected chi connectivity index (χ4v) is 3.69. The van der Waals surface area contributed by atoms with E-state index in [1.165, 1.54) is 24.3 Å². The molecule has 1 aromatic carbocycles. The van der Waals surface area contributed by atoms with E-state index in [0.29, 0.717) is 5.69 Å². The number of nitrogens with zero attached hydrogens (tertiary/aromatic N) is 1. The Labute approximate surface area is 130 Å². The van der Waals surface area contributed by atoms with Crippen LogP contribution in [0.1, 0.15) is 10.4 Å². The topological polar surface area (TPSA) is 104 Å². The number of aliphatic hydroxyl groups is 1. The molecule has 4 atom stereocenters. The highest BCUT2D eigenvalue weighted by atomic mass is 16.5. The van der Waals surface area contributed by atoms with Crippen LogP contribution in [0.5, 0.6) is 0 Å². The predicted molar refractivity (Wildman–Crippen MR) is 76.7 cm³/mol. The van der Waals surface area contributed by atoms with E-state index in [9.17, 15) is 19.5 Å². The Morgan fingerprint density at radius 3 is 2.52 bits per heavy atom. The molecule has 23 heavy (non-hydrogen) atoms. The Hall–Kier alpha value is -2.51. The van der Waals surface area contributed by atoms with Gasteiger partial charge in [-0.2, -0.15) is 0 Å². The molecule has 0 saturated carbocycles. The average Bonchev–Trinajstić information content (AvgIpc) is 3.19. The Morgan fingerprint density at radius 1 is 1.22 bits per heavy atom. The summed E-state index contributed by atoms with van der Waals surface area (Å²) in [5, 5.41) is 18.5. The Balaban J connectivity index is 1.72. The van der Waals surface area contributed by atoms with Crippen LogP contribution in [0.2, 0.25) is 0 Å². The maximum atomic E-state index is 12.7. The maximum Gasteiger partial charge on any atom is 0.335 e. The van der Waals surface area contributed by atoms with Gasteiger partial charge in [0.25, 0.3) is 0 Å². The Bertz CT molecular complexity index is 754. The molecule has 7 nitrogen and oxygen atoms in total. The number of carbonyl (C=O) groups is 3. The standard InChI is InChI=1S/C16H13NO6/c18-7-16-6-5-10(23-16)11-12(16)14(20)17(13(11)19)9-3-1-8(2-4-9)15(21)22/h1-6,10-12,18H,7H2,(H,21,22)/t10-,11+,12-,16+/m0/s1. The molecule has 2 saturated heterocycles. The Morgan fingerprint density at radius 2 is 1.91 bits per heavy atom. The number of benzene rings is 1. The smallest absolute Gasteiger partial charge is 0.335 e. The summed E-state index contributed by atoms with van der Waals surface area (Å²) in [4.78, 5) is 37.4. The predicted octanol–water partition coefficient (Wildman–Crippen LogP) is 0.190. The molecule has 1 aromatic rings. The molecule has 4 rings (SSSR count). The van der Waals surface area contributed by atoms with Crippen LogP contribution in [0.25, 0.3) is 0 Å². The normalized spacial score (nSPS) is 34.3. The number of aromatic carboxylic acids is 1. The van der Waals surface area contributed by atoms with Gasteiger partial charge < -0.3 is 14.9 Å². The minimum absolute atomic E-state index is 0.0740. The first kappa shape index (κ1) is 14.1. The van der Waals surface area contributed by atoms with Crippen molar-refractivity contribution in [3.8, 4) is 0 Å². The van der Waals surface area contributed by atoms with Crippen LogP contribution in [0.3, 0.4) is 0 Å². The summed E-state index contributed by atoms with van der Waals surface area (Å²) < 4.78 is 5.64. The average molecular weight is 315 g/mol. The van der Waals surface area contributed by atoms with Crippen LogP contribution in [0.4, 0.5) is 5.69 Å². The van der Waals surface area contributed by atoms with E-state index in [2.05, 4.69) is 0 Å². The van der Waals surface area contributed by atoms with E-state index >= 15 is 0 Å². The van der Waals surface area contributed by atoms with Crippen molar-refractivity contribution in [2.45, 2.75) is 11.7 Å². The molecular formula is C16H13NO6. The number of amides is 2. The summed E-state index contributed by atoms with van der Waals surface area (Å²) >= 11 is 0. The summed E-state index contributed by atoms with van der Waals surface area (Å²) in [5.74, 6) is -3.27. The van der Waals surface area contributed by atoms with E-state index in [4.69, 9.17) is 9.84 Å². The molecule has 0 unspecified atom stereocenters. The summed E-state index contributed by atoms with van der Waals surface area (Å²) in [6, 6.07) is 5.55. The second kappa shape index (κ2) is 4.50. The first-order valence-corrected chi connectivity index (χ1v) is 7.18. The summed E-state index contributed by atoms with van der Waals surface area (Å²) in [6.45, 7) is -0.369. The highest BCUT2D eigenvalue weighted by molar-refractivity contribution is 6.23. The second-order valence-electron chi connectivity index (χ2n) is 5.92. The summed E-state index contributed by atoms with van der Waals surface area (Å²) in [7, 11) is 0. The zero-order chi connectivity index (χ0) is 16.4. The van der Waals surface area contributed by atoms with Crippen LogP contribution in [-0.2, 0) is 14.3 Å². The van der Waals surface area contributed by atoms with Crippen molar-refractivity contribution in [1.29, 1.82) is 0 Å². The van der Waals surface area contributed by atoms with Crippen LogP contribution in [0.15, 0.2) is 36.4 Å². The van der Waals surface area contributed by atoms with Gasteiger partial charge >= 0.3 is 5.97 Å². The van der Waals surface area contributed by atoms with Crippen molar-refractivity contribution in [1.82, 2.24) is 0 Å². The zero-order valence-electron chi connectivity index (χ0n) is 11.9. The number of ether oxygens (including phenoxy) is 1. The van der Waals surface area contributed by atoms with Gasteiger partial charge in [0, 0.05) is 0 Å². The lowest BCUT2D eigenvalue weighted by Gasteiger charge is -2.26. The van der Waals surface area contributed by atoms with Crippen LogP contribution in [-0.4, -0.2) is 46.3 Å². The number of hydrogen-bond donors (Lipinski definition) is 2. The van der Waals surface area contributed by atoms with Crippen molar-refractivity contribution in [3.63, 3.8) is 0 Å². The largest absolute Gasteiger partial charge is 0.478 e. The van der Waals surface area contributed by atoms with Gasteiger partial charge in [0.1, 0.15) is 5.60 Å². The number of imide groups is 1. The number of rotatable bonds is 3. The van der Waals surface area contributed by atoms with Crippen molar-refractivity contribution in [3.05, 3.63) is 42.0 Å². The fraction of sp³-hybridized carbons (Fsp3) is 0.312. The van der Waals surface area contributed by atoms with Crippen LogP contribution >= 0.6 is 0 Å². The van der Waals surface area contributed by atoms with Gasteiger partial charge in [-0.15, -0.1) is 0 Å². The van der Waals surface area contributed by atoms with E-state index in [1.54, 1.807) is 12.2 Å². The molecule has 2 fully saturated rings. The fourth-order valence-electron chi connectivity index (χ4n) is 3.69. The molecule has 0 aromatic heterocycles.